The third-order valence-electron chi connectivity index (χ3n) is 3.26. The first kappa shape index (κ1) is 16.7. The number of hydrogen-bond acceptors (Lipinski definition) is 5. The van der Waals surface area contributed by atoms with Crippen molar-refractivity contribution in [2.45, 2.75) is 6.92 Å². The molecule has 0 fully saturated rings. The molecule has 6 nitrogen and oxygen atoms in total. The lowest BCUT2D eigenvalue weighted by Gasteiger charge is -2.06. The van der Waals surface area contributed by atoms with Crippen LogP contribution in [0.25, 0.3) is 11.0 Å². The van der Waals surface area contributed by atoms with E-state index in [0.29, 0.717) is 21.7 Å². The van der Waals surface area contributed by atoms with Gasteiger partial charge in [-0.25, -0.2) is 4.79 Å². The fraction of sp³-hybridized carbons (Fsp3) is 0.0556. The minimum atomic E-state index is -0.618. The third-order valence-corrected chi connectivity index (χ3v) is 3.51. The van der Waals surface area contributed by atoms with Crippen LogP contribution in [-0.2, 0) is 9.63 Å². The molecule has 1 amide bonds. The van der Waals surface area contributed by atoms with Crippen molar-refractivity contribution in [2.75, 3.05) is 5.32 Å². The number of benzene rings is 2. The van der Waals surface area contributed by atoms with E-state index in [-0.39, 0.29) is 11.1 Å². The van der Waals surface area contributed by atoms with Gasteiger partial charge in [0.1, 0.15) is 11.1 Å². The monoisotopic (exact) mass is 356 g/mol. The molecule has 25 heavy (non-hydrogen) atoms. The van der Waals surface area contributed by atoms with E-state index in [1.807, 2.05) is 6.07 Å². The van der Waals surface area contributed by atoms with Crippen molar-refractivity contribution in [3.63, 3.8) is 0 Å². The number of nitrogens with zero attached hydrogens (tertiary/aromatic N) is 1. The summed E-state index contributed by atoms with van der Waals surface area (Å²) >= 11 is 5.84. The van der Waals surface area contributed by atoms with Crippen molar-refractivity contribution in [1.29, 1.82) is 0 Å². The SMILES string of the molecule is CC(=O)ON=c1oc2ccccc2cc1C(=O)Nc1ccc(Cl)cc1. The van der Waals surface area contributed by atoms with Gasteiger partial charge in [0, 0.05) is 23.0 Å². The fourth-order valence-electron chi connectivity index (χ4n) is 2.14. The van der Waals surface area contributed by atoms with E-state index in [1.54, 1.807) is 48.5 Å². The lowest BCUT2D eigenvalue weighted by Crippen LogP contribution is -2.22. The number of halogens is 1. The van der Waals surface area contributed by atoms with Gasteiger partial charge >= 0.3 is 5.97 Å². The van der Waals surface area contributed by atoms with Gasteiger partial charge in [0.25, 0.3) is 11.5 Å². The van der Waals surface area contributed by atoms with Crippen LogP contribution in [0.5, 0.6) is 0 Å². The highest BCUT2D eigenvalue weighted by Gasteiger charge is 2.13. The summed E-state index contributed by atoms with van der Waals surface area (Å²) < 4.78 is 5.60. The van der Waals surface area contributed by atoms with Crippen molar-refractivity contribution in [1.82, 2.24) is 0 Å². The second-order valence-electron chi connectivity index (χ2n) is 5.14. The van der Waals surface area contributed by atoms with Crippen LogP contribution in [0.4, 0.5) is 5.69 Å². The molecule has 1 aromatic heterocycles. The van der Waals surface area contributed by atoms with Gasteiger partial charge in [0.15, 0.2) is 0 Å². The first-order valence-corrected chi connectivity index (χ1v) is 7.72. The lowest BCUT2D eigenvalue weighted by atomic mass is 10.1. The number of carbonyl (C=O) groups excluding carboxylic acids is 2. The molecule has 3 rings (SSSR count). The number of amides is 1. The van der Waals surface area contributed by atoms with E-state index in [1.165, 1.54) is 6.92 Å². The summed E-state index contributed by atoms with van der Waals surface area (Å²) in [6.07, 6.45) is 0. The summed E-state index contributed by atoms with van der Waals surface area (Å²) in [5.41, 5.74) is 1.10. The molecule has 0 spiro atoms. The Kier molecular flexibility index (Phi) is 4.81. The van der Waals surface area contributed by atoms with Crippen LogP contribution in [0.3, 0.4) is 0 Å². The normalized spacial score (nSPS) is 11.4. The van der Waals surface area contributed by atoms with E-state index < -0.39 is 11.9 Å². The van der Waals surface area contributed by atoms with Gasteiger partial charge in [-0.1, -0.05) is 29.8 Å². The largest absolute Gasteiger partial charge is 0.435 e. The quantitative estimate of drug-likeness (QED) is 0.573. The molecule has 0 aliphatic carbocycles. The molecule has 3 aromatic rings. The Bertz CT molecular complexity index is 1010. The molecule has 2 aromatic carbocycles. The van der Waals surface area contributed by atoms with Crippen molar-refractivity contribution >= 4 is 40.1 Å². The summed E-state index contributed by atoms with van der Waals surface area (Å²) in [6.45, 7) is 1.21. The van der Waals surface area contributed by atoms with Crippen molar-refractivity contribution in [3.05, 3.63) is 70.7 Å². The van der Waals surface area contributed by atoms with Gasteiger partial charge in [0.05, 0.1) is 0 Å². The zero-order valence-corrected chi connectivity index (χ0v) is 13.9. The van der Waals surface area contributed by atoms with E-state index in [0.717, 1.165) is 0 Å². The molecule has 0 radical (unpaired) electrons. The molecular weight excluding hydrogens is 344 g/mol. The summed E-state index contributed by atoms with van der Waals surface area (Å²) in [6, 6.07) is 15.4. The van der Waals surface area contributed by atoms with Crippen LogP contribution in [0.15, 0.2) is 64.2 Å². The zero-order chi connectivity index (χ0) is 17.8. The molecule has 1 heterocycles. The van der Waals surface area contributed by atoms with E-state index in [2.05, 4.69) is 15.3 Å². The van der Waals surface area contributed by atoms with Crippen LogP contribution >= 0.6 is 11.6 Å². The highest BCUT2D eigenvalue weighted by atomic mass is 35.5. The Balaban J connectivity index is 2.04. The maximum Gasteiger partial charge on any atom is 0.332 e. The van der Waals surface area contributed by atoms with Crippen LogP contribution in [0.1, 0.15) is 17.3 Å². The highest BCUT2D eigenvalue weighted by Crippen LogP contribution is 2.16. The smallest absolute Gasteiger partial charge is 0.332 e. The number of hydrogen-bond donors (Lipinski definition) is 1. The Hall–Kier alpha value is -3.12. The Morgan fingerprint density at radius 2 is 1.84 bits per heavy atom. The maximum absolute atomic E-state index is 12.6. The number of rotatable bonds is 3. The van der Waals surface area contributed by atoms with E-state index >= 15 is 0 Å². The predicted octanol–water partition coefficient (Wildman–Crippen LogP) is 3.72. The second kappa shape index (κ2) is 7.19. The number of anilines is 1. The van der Waals surface area contributed by atoms with Crippen molar-refractivity contribution < 1.29 is 18.8 Å². The number of nitrogens with one attached hydrogen (secondary N) is 1. The average molecular weight is 357 g/mol. The van der Waals surface area contributed by atoms with Crippen LogP contribution < -0.4 is 10.9 Å². The number of carbonyl (C=O) groups is 2. The zero-order valence-electron chi connectivity index (χ0n) is 13.2. The maximum atomic E-state index is 12.6. The summed E-state index contributed by atoms with van der Waals surface area (Å²) in [7, 11) is 0. The van der Waals surface area contributed by atoms with Gasteiger partial charge in [-0.2, -0.15) is 0 Å². The van der Waals surface area contributed by atoms with E-state index in [4.69, 9.17) is 16.0 Å². The van der Waals surface area contributed by atoms with Gasteiger partial charge in [0.2, 0.25) is 0 Å². The molecule has 7 heteroatoms. The molecule has 0 aliphatic rings. The van der Waals surface area contributed by atoms with Gasteiger partial charge in [-0.15, -0.1) is 0 Å². The molecule has 0 bridgehead atoms. The molecule has 1 N–H and O–H groups in total. The predicted molar refractivity (Wildman–Crippen MR) is 92.9 cm³/mol. The Morgan fingerprint density at radius 1 is 1.12 bits per heavy atom. The van der Waals surface area contributed by atoms with Gasteiger partial charge in [-0.3, -0.25) is 4.79 Å². The third kappa shape index (κ3) is 4.05. The standard InChI is InChI=1S/C18H13ClN2O4/c1-11(22)25-21-18-15(10-12-4-2-3-5-16(12)24-18)17(23)20-14-8-6-13(19)7-9-14/h2-10H,1H3,(H,20,23). The first-order chi connectivity index (χ1) is 12.0. The summed E-state index contributed by atoms with van der Waals surface area (Å²) in [5, 5.41) is 7.63. The van der Waals surface area contributed by atoms with Gasteiger partial charge in [-0.05, 0) is 41.6 Å². The Morgan fingerprint density at radius 3 is 2.56 bits per heavy atom. The molecule has 0 aliphatic heterocycles. The van der Waals surface area contributed by atoms with Crippen LogP contribution in [-0.4, -0.2) is 11.9 Å². The number of para-hydroxylation sites is 1. The minimum Gasteiger partial charge on any atom is -0.435 e. The lowest BCUT2D eigenvalue weighted by molar-refractivity contribution is -0.141. The van der Waals surface area contributed by atoms with Crippen molar-refractivity contribution in [2.24, 2.45) is 5.16 Å². The molecule has 0 unspecified atom stereocenters. The number of fused-ring (bicyclic) bond motifs is 1. The van der Waals surface area contributed by atoms with Crippen molar-refractivity contribution in [3.8, 4) is 0 Å². The van der Waals surface area contributed by atoms with Crippen LogP contribution in [0.2, 0.25) is 5.02 Å². The topological polar surface area (TPSA) is 80.9 Å². The van der Waals surface area contributed by atoms with Crippen LogP contribution in [0, 0.1) is 0 Å². The summed E-state index contributed by atoms with van der Waals surface area (Å²) in [5.74, 6) is -1.07. The molecule has 0 atom stereocenters. The highest BCUT2D eigenvalue weighted by molar-refractivity contribution is 6.30. The van der Waals surface area contributed by atoms with Gasteiger partial charge < -0.3 is 14.6 Å². The minimum absolute atomic E-state index is 0.0969. The molecular formula is C18H13ClN2O4. The Labute approximate surface area is 147 Å². The molecule has 0 saturated carbocycles. The fourth-order valence-corrected chi connectivity index (χ4v) is 2.26. The molecule has 0 saturated heterocycles. The second-order valence-corrected chi connectivity index (χ2v) is 5.57. The molecule has 126 valence electrons. The van der Waals surface area contributed by atoms with E-state index in [9.17, 15) is 9.59 Å². The summed E-state index contributed by atoms with van der Waals surface area (Å²) in [4.78, 5) is 28.2. The average Bonchev–Trinajstić information content (AvgIpc) is 2.61. The first-order valence-electron chi connectivity index (χ1n) is 7.34.